The first-order valence-corrected chi connectivity index (χ1v) is 13.9. The molecule has 1 spiro atoms. The molecule has 3 aromatic carbocycles. The summed E-state index contributed by atoms with van der Waals surface area (Å²) in [5.74, 6) is -1.31. The zero-order valence-electron chi connectivity index (χ0n) is 23.9. The van der Waals surface area contributed by atoms with Crippen LogP contribution in [0.4, 0.5) is 37.7 Å². The fourth-order valence-corrected chi connectivity index (χ4v) is 5.74. The van der Waals surface area contributed by atoms with Crippen LogP contribution in [0, 0.1) is 0 Å². The summed E-state index contributed by atoms with van der Waals surface area (Å²) in [7, 11) is 1.49. The number of alkyl halides is 6. The maximum Gasteiger partial charge on any atom is 0.416 e. The number of benzene rings is 3. The van der Waals surface area contributed by atoms with Gasteiger partial charge in [-0.2, -0.15) is 26.3 Å². The molecule has 0 atom stereocenters. The number of nitrogens with one attached hydrogen (secondary N) is 1. The van der Waals surface area contributed by atoms with Crippen molar-refractivity contribution in [2.45, 2.75) is 30.7 Å². The normalized spacial score (nSPS) is 16.7. The third kappa shape index (κ3) is 6.54. The second kappa shape index (κ2) is 12.0. The van der Waals surface area contributed by atoms with Gasteiger partial charge in [-0.3, -0.25) is 14.4 Å². The summed E-state index contributed by atoms with van der Waals surface area (Å²) >= 11 is 0. The van der Waals surface area contributed by atoms with E-state index in [1.807, 2.05) is 4.90 Å². The van der Waals surface area contributed by atoms with Gasteiger partial charge in [-0.15, -0.1) is 0 Å². The van der Waals surface area contributed by atoms with E-state index < -0.39 is 46.4 Å². The van der Waals surface area contributed by atoms with Crippen molar-refractivity contribution in [1.29, 1.82) is 0 Å². The Bertz CT molecular complexity index is 1550. The average Bonchev–Trinajstić information content (AvgIpc) is 3.26. The molecular formula is C31H28F6N4O4. The Morgan fingerprint density at radius 2 is 1.49 bits per heavy atom. The van der Waals surface area contributed by atoms with Gasteiger partial charge in [0.2, 0.25) is 5.91 Å². The van der Waals surface area contributed by atoms with Crippen molar-refractivity contribution in [1.82, 2.24) is 9.80 Å². The van der Waals surface area contributed by atoms with E-state index in [1.165, 1.54) is 12.0 Å². The fraction of sp³-hybridized carbons (Fsp3) is 0.323. The number of likely N-dealkylation sites (tertiary alicyclic amines) is 1. The summed E-state index contributed by atoms with van der Waals surface area (Å²) in [4.78, 5) is 44.5. The highest BCUT2D eigenvalue weighted by atomic mass is 19.4. The van der Waals surface area contributed by atoms with Crippen LogP contribution < -0.4 is 15.0 Å². The Morgan fingerprint density at radius 3 is 2.07 bits per heavy atom. The minimum absolute atomic E-state index is 0.0318. The molecule has 0 unspecified atom stereocenters. The summed E-state index contributed by atoms with van der Waals surface area (Å²) < 4.78 is 85.6. The molecular weight excluding hydrogens is 606 g/mol. The minimum atomic E-state index is -5.10. The summed E-state index contributed by atoms with van der Waals surface area (Å²) in [6.07, 6.45) is -10.1. The molecule has 1 N–H and O–H groups in total. The van der Waals surface area contributed by atoms with Crippen molar-refractivity contribution >= 4 is 29.1 Å². The SMILES string of the molecule is COc1cccc(NC(=O)CN2CN(c3ccccc3)C3(CCN(C(=O)c4cc(C(F)(F)F)cc(C(F)(F)F)c4)CC3)C2=O)c1. The van der Waals surface area contributed by atoms with E-state index in [0.717, 1.165) is 4.90 Å². The van der Waals surface area contributed by atoms with Crippen LogP contribution in [-0.2, 0) is 21.9 Å². The van der Waals surface area contributed by atoms with Gasteiger partial charge < -0.3 is 24.8 Å². The standard InChI is InChI=1S/C31H28F6N4O4/c1-45-25-9-5-6-23(17-25)38-26(42)18-40-19-41(24-7-3-2-4-8-24)29(28(40)44)10-12-39(13-11-29)27(43)20-14-21(30(32,33)34)16-22(15-20)31(35,36)37/h2-9,14-17H,10-13,18-19H2,1H3,(H,38,42). The van der Waals surface area contributed by atoms with Crippen LogP contribution in [0.5, 0.6) is 5.75 Å². The van der Waals surface area contributed by atoms with Gasteiger partial charge in [0.25, 0.3) is 11.8 Å². The molecule has 2 aliphatic heterocycles. The Kier molecular flexibility index (Phi) is 8.43. The molecule has 2 heterocycles. The molecule has 45 heavy (non-hydrogen) atoms. The lowest BCUT2D eigenvalue weighted by molar-refractivity contribution is -0.143. The number of anilines is 2. The first-order valence-electron chi connectivity index (χ1n) is 13.9. The third-order valence-corrected chi connectivity index (χ3v) is 7.98. The molecule has 14 heteroatoms. The number of nitrogens with zero attached hydrogens (tertiary/aromatic N) is 3. The number of amides is 3. The molecule has 0 aromatic heterocycles. The highest BCUT2D eigenvalue weighted by Gasteiger charge is 2.54. The number of hydrogen-bond donors (Lipinski definition) is 1. The van der Waals surface area contributed by atoms with Crippen LogP contribution in [0.2, 0.25) is 0 Å². The first-order chi connectivity index (χ1) is 21.2. The van der Waals surface area contributed by atoms with E-state index in [4.69, 9.17) is 4.74 Å². The Balaban J connectivity index is 1.36. The molecule has 3 amide bonds. The van der Waals surface area contributed by atoms with Gasteiger partial charge in [-0.05, 0) is 55.3 Å². The van der Waals surface area contributed by atoms with E-state index in [9.17, 15) is 40.7 Å². The van der Waals surface area contributed by atoms with Crippen LogP contribution in [0.1, 0.15) is 34.3 Å². The van der Waals surface area contributed by atoms with Gasteiger partial charge in [0.05, 0.1) is 24.9 Å². The number of hydrogen-bond acceptors (Lipinski definition) is 5. The first kappa shape index (κ1) is 31.7. The van der Waals surface area contributed by atoms with Crippen molar-refractivity contribution in [3.63, 3.8) is 0 Å². The van der Waals surface area contributed by atoms with E-state index in [0.29, 0.717) is 29.3 Å². The molecule has 3 aromatic rings. The number of halogens is 6. The molecule has 2 aliphatic rings. The largest absolute Gasteiger partial charge is 0.497 e. The van der Waals surface area contributed by atoms with Crippen molar-refractivity contribution in [2.24, 2.45) is 0 Å². The smallest absolute Gasteiger partial charge is 0.416 e. The van der Waals surface area contributed by atoms with Crippen molar-refractivity contribution in [3.05, 3.63) is 89.5 Å². The fourth-order valence-electron chi connectivity index (χ4n) is 5.74. The van der Waals surface area contributed by atoms with Gasteiger partial charge >= 0.3 is 12.4 Å². The molecule has 0 bridgehead atoms. The predicted molar refractivity (Wildman–Crippen MR) is 151 cm³/mol. The predicted octanol–water partition coefficient (Wildman–Crippen LogP) is 5.65. The van der Waals surface area contributed by atoms with Gasteiger partial charge in [0.1, 0.15) is 17.8 Å². The van der Waals surface area contributed by atoms with E-state index in [2.05, 4.69) is 5.32 Å². The molecule has 8 nitrogen and oxygen atoms in total. The monoisotopic (exact) mass is 634 g/mol. The lowest BCUT2D eigenvalue weighted by atomic mass is 9.85. The average molecular weight is 635 g/mol. The third-order valence-electron chi connectivity index (χ3n) is 7.98. The van der Waals surface area contributed by atoms with Crippen molar-refractivity contribution in [2.75, 3.05) is 43.6 Å². The second-order valence-electron chi connectivity index (χ2n) is 10.8. The highest BCUT2D eigenvalue weighted by Crippen LogP contribution is 2.41. The number of piperidine rings is 1. The molecule has 2 saturated heterocycles. The lowest BCUT2D eigenvalue weighted by Crippen LogP contribution is -2.57. The van der Waals surface area contributed by atoms with E-state index in [-0.39, 0.29) is 51.1 Å². The van der Waals surface area contributed by atoms with Gasteiger partial charge in [-0.25, -0.2) is 0 Å². The van der Waals surface area contributed by atoms with Gasteiger partial charge in [0.15, 0.2) is 0 Å². The maximum absolute atomic E-state index is 13.9. The number of carbonyl (C=O) groups excluding carboxylic acids is 3. The Labute approximate surface area is 254 Å². The number of carbonyl (C=O) groups is 3. The van der Waals surface area contributed by atoms with Crippen LogP contribution in [0.15, 0.2) is 72.8 Å². The summed E-state index contributed by atoms with van der Waals surface area (Å²) in [6.45, 7) is -0.468. The number of methoxy groups -OCH3 is 1. The molecule has 0 saturated carbocycles. The number of para-hydroxylation sites is 1. The van der Waals surface area contributed by atoms with Crippen molar-refractivity contribution < 1.29 is 45.5 Å². The van der Waals surface area contributed by atoms with E-state index in [1.54, 1.807) is 54.6 Å². The van der Waals surface area contributed by atoms with Crippen LogP contribution >= 0.6 is 0 Å². The Hall–Kier alpha value is -4.75. The minimum Gasteiger partial charge on any atom is -0.497 e. The van der Waals surface area contributed by atoms with Crippen LogP contribution in [0.3, 0.4) is 0 Å². The highest BCUT2D eigenvalue weighted by molar-refractivity contribution is 6.00. The number of rotatable bonds is 6. The molecule has 238 valence electrons. The number of ether oxygens (including phenoxy) is 1. The molecule has 0 radical (unpaired) electrons. The topological polar surface area (TPSA) is 82.2 Å². The quantitative estimate of drug-likeness (QED) is 0.355. The summed E-state index contributed by atoms with van der Waals surface area (Å²) in [5.41, 5.74) is -3.97. The van der Waals surface area contributed by atoms with E-state index >= 15 is 0 Å². The zero-order chi connectivity index (χ0) is 32.6. The maximum atomic E-state index is 13.9. The van der Waals surface area contributed by atoms with Crippen LogP contribution in [-0.4, -0.2) is 66.5 Å². The summed E-state index contributed by atoms with van der Waals surface area (Å²) in [5, 5.41) is 2.74. The summed E-state index contributed by atoms with van der Waals surface area (Å²) in [6, 6.07) is 16.4. The van der Waals surface area contributed by atoms with Gasteiger partial charge in [0, 0.05) is 36.1 Å². The zero-order valence-corrected chi connectivity index (χ0v) is 23.9. The lowest BCUT2D eigenvalue weighted by Gasteiger charge is -2.43. The second-order valence-corrected chi connectivity index (χ2v) is 10.8. The van der Waals surface area contributed by atoms with Crippen LogP contribution in [0.25, 0.3) is 0 Å². The van der Waals surface area contributed by atoms with Crippen molar-refractivity contribution in [3.8, 4) is 5.75 Å². The van der Waals surface area contributed by atoms with Gasteiger partial charge in [-0.1, -0.05) is 24.3 Å². The Morgan fingerprint density at radius 1 is 0.867 bits per heavy atom. The molecule has 0 aliphatic carbocycles. The molecule has 5 rings (SSSR count). The molecule has 2 fully saturated rings.